The van der Waals surface area contributed by atoms with E-state index in [2.05, 4.69) is 4.90 Å². The number of nitrogens with zero attached hydrogens (tertiary/aromatic N) is 1. The molecule has 2 atom stereocenters. The summed E-state index contributed by atoms with van der Waals surface area (Å²) in [5.41, 5.74) is 1.53. The number of rotatable bonds is 2. The van der Waals surface area contributed by atoms with Gasteiger partial charge in [-0.1, -0.05) is 0 Å². The van der Waals surface area contributed by atoms with E-state index < -0.39 is 0 Å². The first-order valence-electron chi connectivity index (χ1n) is 5.90. The molecule has 17 heavy (non-hydrogen) atoms. The van der Waals surface area contributed by atoms with Gasteiger partial charge >= 0.3 is 0 Å². The van der Waals surface area contributed by atoms with Crippen molar-refractivity contribution in [2.24, 2.45) is 0 Å². The number of hydrogen-bond donors (Lipinski definition) is 1. The van der Waals surface area contributed by atoms with Crippen LogP contribution in [0.3, 0.4) is 0 Å². The van der Waals surface area contributed by atoms with Crippen LogP contribution in [0.4, 0.5) is 10.1 Å². The van der Waals surface area contributed by atoms with Crippen molar-refractivity contribution in [1.29, 1.82) is 0 Å². The maximum absolute atomic E-state index is 13.1. The molecule has 1 saturated heterocycles. The second kappa shape index (κ2) is 5.02. The van der Waals surface area contributed by atoms with Gasteiger partial charge in [0.15, 0.2) is 0 Å². The van der Waals surface area contributed by atoms with Gasteiger partial charge in [-0.15, -0.1) is 0 Å². The van der Waals surface area contributed by atoms with E-state index in [1.807, 2.05) is 13.8 Å². The summed E-state index contributed by atoms with van der Waals surface area (Å²) in [6, 6.07) is 4.55. The van der Waals surface area contributed by atoms with Crippen LogP contribution in [0.5, 0.6) is 0 Å². The molecule has 1 aromatic rings. The minimum Gasteiger partial charge on any atom is -0.392 e. The number of ether oxygens (including phenoxy) is 1. The SMILES string of the molecule is C[C@@H]1CN(c2ccc(F)cc2CO)C[C@H](C)O1. The molecule has 0 spiro atoms. The fourth-order valence-corrected chi connectivity index (χ4v) is 2.36. The number of aliphatic hydroxyl groups is 1. The Morgan fingerprint density at radius 2 is 2.00 bits per heavy atom. The normalized spacial score (nSPS) is 25.1. The molecule has 3 nitrogen and oxygen atoms in total. The minimum absolute atomic E-state index is 0.146. The van der Waals surface area contributed by atoms with Crippen LogP contribution in [0.2, 0.25) is 0 Å². The molecule has 1 aliphatic rings. The van der Waals surface area contributed by atoms with Crippen molar-refractivity contribution < 1.29 is 14.2 Å². The maximum Gasteiger partial charge on any atom is 0.123 e. The first-order chi connectivity index (χ1) is 8.10. The molecule has 1 aromatic carbocycles. The lowest BCUT2D eigenvalue weighted by molar-refractivity contribution is -0.00532. The van der Waals surface area contributed by atoms with E-state index in [9.17, 15) is 9.50 Å². The van der Waals surface area contributed by atoms with Crippen molar-refractivity contribution >= 4 is 5.69 Å². The quantitative estimate of drug-likeness (QED) is 0.856. The maximum atomic E-state index is 13.1. The molecule has 4 heteroatoms. The van der Waals surface area contributed by atoms with Crippen LogP contribution in [-0.4, -0.2) is 30.4 Å². The Morgan fingerprint density at radius 3 is 2.59 bits per heavy atom. The molecule has 0 unspecified atom stereocenters. The first-order valence-corrected chi connectivity index (χ1v) is 5.90. The van der Waals surface area contributed by atoms with Crippen molar-refractivity contribution in [3.8, 4) is 0 Å². The van der Waals surface area contributed by atoms with Gasteiger partial charge in [-0.25, -0.2) is 4.39 Å². The average molecular weight is 239 g/mol. The Bertz CT molecular complexity index is 387. The summed E-state index contributed by atoms with van der Waals surface area (Å²) in [5.74, 6) is -0.313. The van der Waals surface area contributed by atoms with Gasteiger partial charge in [0.2, 0.25) is 0 Å². The summed E-state index contributed by atoms with van der Waals surface area (Å²) < 4.78 is 18.8. The van der Waals surface area contributed by atoms with Gasteiger partial charge in [0.1, 0.15) is 5.82 Å². The molecule has 1 aliphatic heterocycles. The second-order valence-corrected chi connectivity index (χ2v) is 4.59. The molecule has 0 bridgehead atoms. The third-order valence-corrected chi connectivity index (χ3v) is 2.97. The second-order valence-electron chi connectivity index (χ2n) is 4.59. The molecule has 0 radical (unpaired) electrons. The van der Waals surface area contributed by atoms with Crippen molar-refractivity contribution in [3.05, 3.63) is 29.6 Å². The van der Waals surface area contributed by atoms with E-state index in [0.29, 0.717) is 5.56 Å². The van der Waals surface area contributed by atoms with Crippen molar-refractivity contribution in [2.45, 2.75) is 32.7 Å². The van der Waals surface area contributed by atoms with E-state index in [-0.39, 0.29) is 24.6 Å². The fraction of sp³-hybridized carbons (Fsp3) is 0.538. The van der Waals surface area contributed by atoms with Crippen LogP contribution in [0.1, 0.15) is 19.4 Å². The molecule has 0 amide bonds. The van der Waals surface area contributed by atoms with E-state index in [1.165, 1.54) is 12.1 Å². The van der Waals surface area contributed by atoms with E-state index >= 15 is 0 Å². The highest BCUT2D eigenvalue weighted by Gasteiger charge is 2.23. The Kier molecular flexibility index (Phi) is 3.64. The van der Waals surface area contributed by atoms with E-state index in [0.717, 1.165) is 18.8 Å². The monoisotopic (exact) mass is 239 g/mol. The number of benzene rings is 1. The zero-order valence-corrected chi connectivity index (χ0v) is 10.2. The topological polar surface area (TPSA) is 32.7 Å². The lowest BCUT2D eigenvalue weighted by Gasteiger charge is -2.37. The van der Waals surface area contributed by atoms with Gasteiger partial charge < -0.3 is 14.7 Å². The summed E-state index contributed by atoms with van der Waals surface area (Å²) in [6.45, 7) is 5.43. The molecule has 2 rings (SSSR count). The Morgan fingerprint density at radius 1 is 1.35 bits per heavy atom. The first kappa shape index (κ1) is 12.3. The van der Waals surface area contributed by atoms with Gasteiger partial charge in [-0.3, -0.25) is 0 Å². The highest BCUT2D eigenvalue weighted by molar-refractivity contribution is 5.54. The van der Waals surface area contributed by atoms with Crippen LogP contribution < -0.4 is 4.90 Å². The summed E-state index contributed by atoms with van der Waals surface area (Å²) >= 11 is 0. The summed E-state index contributed by atoms with van der Waals surface area (Å²) in [5, 5.41) is 9.28. The third-order valence-electron chi connectivity index (χ3n) is 2.97. The van der Waals surface area contributed by atoms with Crippen molar-refractivity contribution in [1.82, 2.24) is 0 Å². The largest absolute Gasteiger partial charge is 0.392 e. The third kappa shape index (κ3) is 2.76. The minimum atomic E-state index is -0.313. The average Bonchev–Trinajstić information content (AvgIpc) is 2.27. The smallest absolute Gasteiger partial charge is 0.123 e. The standard InChI is InChI=1S/C13H18FNO2/c1-9-6-15(7-10(2)17-9)13-4-3-12(14)5-11(13)8-16/h3-5,9-10,16H,6-8H2,1-2H3/t9-,10+. The van der Waals surface area contributed by atoms with Gasteiger partial charge in [0.05, 0.1) is 18.8 Å². The number of anilines is 1. The van der Waals surface area contributed by atoms with Crippen LogP contribution in [0.15, 0.2) is 18.2 Å². The molecule has 94 valence electrons. The summed E-state index contributed by atoms with van der Waals surface area (Å²) in [4.78, 5) is 2.14. The number of halogens is 1. The number of aliphatic hydroxyl groups excluding tert-OH is 1. The molecule has 1 N–H and O–H groups in total. The van der Waals surface area contributed by atoms with Crippen LogP contribution in [0.25, 0.3) is 0 Å². The molecule has 1 fully saturated rings. The summed E-state index contributed by atoms with van der Waals surface area (Å²) in [7, 11) is 0. The van der Waals surface area contributed by atoms with Gasteiger partial charge in [-0.2, -0.15) is 0 Å². The molecule has 0 saturated carbocycles. The Balaban J connectivity index is 2.26. The van der Waals surface area contributed by atoms with Gasteiger partial charge in [-0.05, 0) is 32.0 Å². The van der Waals surface area contributed by atoms with E-state index in [4.69, 9.17) is 4.74 Å². The van der Waals surface area contributed by atoms with Gasteiger partial charge in [0.25, 0.3) is 0 Å². The number of morpholine rings is 1. The highest BCUT2D eigenvalue weighted by Crippen LogP contribution is 2.25. The van der Waals surface area contributed by atoms with Crippen LogP contribution in [0, 0.1) is 5.82 Å². The lowest BCUT2D eigenvalue weighted by Crippen LogP contribution is -2.45. The van der Waals surface area contributed by atoms with Gasteiger partial charge in [0, 0.05) is 24.3 Å². The zero-order valence-electron chi connectivity index (χ0n) is 10.2. The Labute approximate surface area is 101 Å². The predicted molar refractivity (Wildman–Crippen MR) is 64.5 cm³/mol. The number of hydrogen-bond acceptors (Lipinski definition) is 3. The molecule has 0 aliphatic carbocycles. The molecular formula is C13H18FNO2. The molecular weight excluding hydrogens is 221 g/mol. The predicted octanol–water partition coefficient (Wildman–Crippen LogP) is 1.93. The van der Waals surface area contributed by atoms with Crippen LogP contribution in [-0.2, 0) is 11.3 Å². The van der Waals surface area contributed by atoms with Crippen LogP contribution >= 0.6 is 0 Å². The highest BCUT2D eigenvalue weighted by atomic mass is 19.1. The van der Waals surface area contributed by atoms with E-state index in [1.54, 1.807) is 6.07 Å². The summed E-state index contributed by atoms with van der Waals surface area (Å²) in [6.07, 6.45) is 0.297. The van der Waals surface area contributed by atoms with Crippen molar-refractivity contribution in [3.63, 3.8) is 0 Å². The fourth-order valence-electron chi connectivity index (χ4n) is 2.36. The molecule has 0 aromatic heterocycles. The lowest BCUT2D eigenvalue weighted by atomic mass is 10.1. The zero-order chi connectivity index (χ0) is 12.4. The molecule has 1 heterocycles. The Hall–Kier alpha value is -1.13. The van der Waals surface area contributed by atoms with Crippen molar-refractivity contribution in [2.75, 3.05) is 18.0 Å².